The third-order valence-electron chi connectivity index (χ3n) is 2.15. The fourth-order valence-corrected chi connectivity index (χ4v) is 1.99. The lowest BCUT2D eigenvalue weighted by Gasteiger charge is -2.36. The molecule has 0 fully saturated rings. The Hall–Kier alpha value is -0.310. The van der Waals surface area contributed by atoms with Gasteiger partial charge in [-0.05, 0) is 13.2 Å². The van der Waals surface area contributed by atoms with E-state index in [2.05, 4.69) is 43.3 Å². The van der Waals surface area contributed by atoms with Crippen molar-refractivity contribution in [3.8, 4) is 0 Å². The van der Waals surface area contributed by atoms with Gasteiger partial charge in [0.2, 0.25) is 0 Å². The van der Waals surface area contributed by atoms with E-state index >= 15 is 0 Å². The van der Waals surface area contributed by atoms with E-state index in [1.165, 1.54) is 5.70 Å². The molecule has 1 unspecified atom stereocenters. The van der Waals surface area contributed by atoms with Crippen LogP contribution >= 0.6 is 11.8 Å². The van der Waals surface area contributed by atoms with E-state index in [1.807, 2.05) is 11.8 Å². The Morgan fingerprint density at radius 2 is 2.18 bits per heavy atom. The molecule has 1 rings (SSSR count). The number of rotatable bonds is 1. The van der Waals surface area contributed by atoms with Gasteiger partial charge < -0.3 is 9.80 Å². The lowest BCUT2D eigenvalue weighted by atomic mass is 10.3. The van der Waals surface area contributed by atoms with Crippen LogP contribution in [0.5, 0.6) is 0 Å². The number of thioether (sulfide) groups is 1. The van der Waals surface area contributed by atoms with Gasteiger partial charge in [0.05, 0.1) is 5.37 Å². The average Bonchev–Trinajstić information content (AvgIpc) is 1.97. The van der Waals surface area contributed by atoms with Crippen LogP contribution in [0.4, 0.5) is 0 Å². The van der Waals surface area contributed by atoms with E-state index in [0.29, 0.717) is 5.37 Å². The molecule has 0 aliphatic carbocycles. The van der Waals surface area contributed by atoms with Crippen LogP contribution in [0.1, 0.15) is 6.92 Å². The molecule has 11 heavy (non-hydrogen) atoms. The molecule has 0 amide bonds. The van der Waals surface area contributed by atoms with Gasteiger partial charge in [0.25, 0.3) is 0 Å². The fraction of sp³-hybridized carbons (Fsp3) is 0.750. The van der Waals surface area contributed by atoms with E-state index in [1.54, 1.807) is 0 Å². The molecule has 0 radical (unpaired) electrons. The highest BCUT2D eigenvalue weighted by atomic mass is 32.2. The topological polar surface area (TPSA) is 6.48 Å². The molecule has 1 aliphatic heterocycles. The van der Waals surface area contributed by atoms with Crippen LogP contribution < -0.4 is 0 Å². The van der Waals surface area contributed by atoms with Crippen LogP contribution in [0, 0.1) is 0 Å². The van der Waals surface area contributed by atoms with Gasteiger partial charge in [-0.3, -0.25) is 0 Å². The summed E-state index contributed by atoms with van der Waals surface area (Å²) < 4.78 is 0. The Kier molecular flexibility index (Phi) is 2.71. The summed E-state index contributed by atoms with van der Waals surface area (Å²) in [7, 11) is 4.28. The second-order valence-corrected chi connectivity index (χ2v) is 4.02. The number of allylic oxidation sites excluding steroid dienone is 1. The Balaban J connectivity index is 2.67. The van der Waals surface area contributed by atoms with Gasteiger partial charge in [0.15, 0.2) is 0 Å². The van der Waals surface area contributed by atoms with E-state index in [-0.39, 0.29) is 0 Å². The monoisotopic (exact) mass is 172 g/mol. The third kappa shape index (κ3) is 1.83. The van der Waals surface area contributed by atoms with Crippen molar-refractivity contribution in [2.24, 2.45) is 0 Å². The molecule has 1 atom stereocenters. The van der Waals surface area contributed by atoms with E-state index in [0.717, 1.165) is 6.54 Å². The van der Waals surface area contributed by atoms with E-state index < -0.39 is 0 Å². The fourth-order valence-electron chi connectivity index (χ4n) is 1.22. The second kappa shape index (κ2) is 3.39. The van der Waals surface area contributed by atoms with Crippen molar-refractivity contribution in [3.05, 3.63) is 11.9 Å². The molecule has 0 aromatic rings. The predicted octanol–water partition coefficient (Wildman–Crippen LogP) is 1.41. The Bertz CT molecular complexity index is 167. The maximum absolute atomic E-state index is 2.29. The Morgan fingerprint density at radius 1 is 1.55 bits per heavy atom. The van der Waals surface area contributed by atoms with Crippen molar-refractivity contribution >= 4 is 11.8 Å². The van der Waals surface area contributed by atoms with Gasteiger partial charge in [-0.1, -0.05) is 0 Å². The second-order valence-electron chi connectivity index (χ2n) is 3.01. The molecule has 0 saturated carbocycles. The highest BCUT2D eigenvalue weighted by molar-refractivity contribution is 7.99. The molecule has 3 heteroatoms. The highest BCUT2D eigenvalue weighted by Gasteiger charge is 2.18. The predicted molar refractivity (Wildman–Crippen MR) is 51.5 cm³/mol. The molecule has 1 heterocycles. The molecule has 0 N–H and O–H groups in total. The molecular weight excluding hydrogens is 156 g/mol. The van der Waals surface area contributed by atoms with Gasteiger partial charge in [-0.2, -0.15) is 0 Å². The van der Waals surface area contributed by atoms with Crippen molar-refractivity contribution in [1.29, 1.82) is 0 Å². The van der Waals surface area contributed by atoms with Gasteiger partial charge >= 0.3 is 0 Å². The first-order valence-corrected chi connectivity index (χ1v) is 5.08. The lowest BCUT2D eigenvalue weighted by Crippen LogP contribution is -2.40. The highest BCUT2D eigenvalue weighted by Crippen LogP contribution is 2.19. The standard InChI is InChI=1S/C8H16N2S/c1-7-5-10(3)8(11-4)6-9(7)2/h5,8H,6H2,1-4H3. The minimum absolute atomic E-state index is 0.615. The van der Waals surface area contributed by atoms with Crippen LogP contribution in [0.3, 0.4) is 0 Å². The molecule has 0 bridgehead atoms. The SMILES string of the molecule is CSC1CN(C)C(C)=CN1C. The molecule has 2 nitrogen and oxygen atoms in total. The summed E-state index contributed by atoms with van der Waals surface area (Å²) in [5, 5.41) is 0.615. The summed E-state index contributed by atoms with van der Waals surface area (Å²) in [4.78, 5) is 4.57. The molecule has 0 aromatic carbocycles. The molecule has 0 spiro atoms. The average molecular weight is 172 g/mol. The zero-order valence-electron chi connectivity index (χ0n) is 7.66. The first kappa shape index (κ1) is 8.78. The van der Waals surface area contributed by atoms with Crippen molar-refractivity contribution in [2.75, 3.05) is 26.9 Å². The summed E-state index contributed by atoms with van der Waals surface area (Å²) in [6, 6.07) is 0. The van der Waals surface area contributed by atoms with E-state index in [9.17, 15) is 0 Å². The van der Waals surface area contributed by atoms with Crippen LogP contribution in [0.2, 0.25) is 0 Å². The van der Waals surface area contributed by atoms with Gasteiger partial charge in [-0.25, -0.2) is 0 Å². The minimum atomic E-state index is 0.615. The first-order chi connectivity index (χ1) is 5.15. The Morgan fingerprint density at radius 3 is 2.73 bits per heavy atom. The number of hydrogen-bond acceptors (Lipinski definition) is 3. The van der Waals surface area contributed by atoms with Crippen LogP contribution in [-0.4, -0.2) is 42.1 Å². The maximum atomic E-state index is 2.29. The normalized spacial score (nSPS) is 25.5. The molecule has 0 aromatic heterocycles. The minimum Gasteiger partial charge on any atom is -0.374 e. The van der Waals surface area contributed by atoms with Crippen LogP contribution in [0.25, 0.3) is 0 Å². The summed E-state index contributed by atoms with van der Waals surface area (Å²) >= 11 is 1.90. The third-order valence-corrected chi connectivity index (χ3v) is 3.17. The summed E-state index contributed by atoms with van der Waals surface area (Å²) in [6.07, 6.45) is 4.36. The zero-order valence-corrected chi connectivity index (χ0v) is 8.48. The van der Waals surface area contributed by atoms with Gasteiger partial charge in [0, 0.05) is 32.5 Å². The van der Waals surface area contributed by atoms with Crippen LogP contribution in [-0.2, 0) is 0 Å². The first-order valence-electron chi connectivity index (χ1n) is 3.79. The summed E-state index contributed by atoms with van der Waals surface area (Å²) in [6.45, 7) is 3.27. The molecule has 1 aliphatic rings. The van der Waals surface area contributed by atoms with Crippen molar-refractivity contribution in [2.45, 2.75) is 12.3 Å². The summed E-state index contributed by atoms with van der Waals surface area (Å²) in [5.41, 5.74) is 1.35. The van der Waals surface area contributed by atoms with E-state index in [4.69, 9.17) is 0 Å². The quantitative estimate of drug-likeness (QED) is 0.590. The molecular formula is C8H16N2S. The smallest absolute Gasteiger partial charge is 0.0914 e. The molecule has 0 saturated heterocycles. The van der Waals surface area contributed by atoms with Crippen molar-refractivity contribution in [3.63, 3.8) is 0 Å². The Labute approximate surface area is 73.2 Å². The van der Waals surface area contributed by atoms with Gasteiger partial charge in [0.1, 0.15) is 0 Å². The zero-order chi connectivity index (χ0) is 8.43. The number of nitrogens with zero attached hydrogens (tertiary/aromatic N) is 2. The van der Waals surface area contributed by atoms with Crippen molar-refractivity contribution < 1.29 is 0 Å². The summed E-state index contributed by atoms with van der Waals surface area (Å²) in [5.74, 6) is 0. The van der Waals surface area contributed by atoms with Crippen LogP contribution in [0.15, 0.2) is 11.9 Å². The maximum Gasteiger partial charge on any atom is 0.0914 e. The lowest BCUT2D eigenvalue weighted by molar-refractivity contribution is 0.279. The number of hydrogen-bond donors (Lipinski definition) is 0. The molecule has 64 valence electrons. The van der Waals surface area contributed by atoms with Crippen molar-refractivity contribution in [1.82, 2.24) is 9.80 Å². The largest absolute Gasteiger partial charge is 0.374 e. The van der Waals surface area contributed by atoms with Gasteiger partial charge in [-0.15, -0.1) is 11.8 Å². The number of likely N-dealkylation sites (N-methyl/N-ethyl adjacent to an activating group) is 2.